The van der Waals surface area contributed by atoms with Gasteiger partial charge >= 0.3 is 0 Å². The van der Waals surface area contributed by atoms with Crippen molar-refractivity contribution in [2.75, 3.05) is 0 Å². The third-order valence-electron chi connectivity index (χ3n) is 2.59. The molecule has 3 nitrogen and oxygen atoms in total. The number of thioether (sulfide) groups is 1. The molecule has 0 saturated heterocycles. The van der Waals surface area contributed by atoms with E-state index in [1.165, 1.54) is 5.56 Å². The van der Waals surface area contributed by atoms with Crippen molar-refractivity contribution in [3.8, 4) is 6.07 Å². The Morgan fingerprint density at radius 2 is 1.94 bits per heavy atom. The lowest BCUT2D eigenvalue weighted by atomic mass is 10.1. The van der Waals surface area contributed by atoms with Crippen molar-refractivity contribution in [2.24, 2.45) is 0 Å². The van der Waals surface area contributed by atoms with Crippen molar-refractivity contribution in [1.29, 1.82) is 5.26 Å². The number of hydrogen-bond acceptors (Lipinski definition) is 4. The Hall–Kier alpha value is -1.86. The molecule has 4 heteroatoms. The molecule has 2 aromatic rings. The molecule has 0 N–H and O–H groups in total. The highest BCUT2D eigenvalue weighted by atomic mass is 32.2. The van der Waals surface area contributed by atoms with Crippen LogP contribution in [-0.4, -0.2) is 9.97 Å². The van der Waals surface area contributed by atoms with Crippen molar-refractivity contribution >= 4 is 11.8 Å². The molecule has 0 amide bonds. The first-order chi connectivity index (χ1) is 8.69. The molecular weight excluding hydrogens is 242 g/mol. The second-order valence-corrected chi connectivity index (χ2v) is 5.03. The average molecular weight is 255 g/mol. The summed E-state index contributed by atoms with van der Waals surface area (Å²) in [6, 6.07) is 7.89. The fraction of sp³-hybridized carbons (Fsp3) is 0.214. The zero-order valence-electron chi connectivity index (χ0n) is 10.3. The van der Waals surface area contributed by atoms with Gasteiger partial charge < -0.3 is 0 Å². The van der Waals surface area contributed by atoms with Gasteiger partial charge in [-0.15, -0.1) is 0 Å². The highest BCUT2D eigenvalue weighted by molar-refractivity contribution is 7.98. The van der Waals surface area contributed by atoms with Crippen LogP contribution in [0.25, 0.3) is 0 Å². The summed E-state index contributed by atoms with van der Waals surface area (Å²) >= 11 is 1.60. The van der Waals surface area contributed by atoms with Crippen LogP contribution in [0.2, 0.25) is 0 Å². The van der Waals surface area contributed by atoms with Gasteiger partial charge in [-0.25, -0.2) is 9.97 Å². The van der Waals surface area contributed by atoms with Gasteiger partial charge in [-0.3, -0.25) is 0 Å². The third kappa shape index (κ3) is 3.08. The Morgan fingerprint density at radius 3 is 2.56 bits per heavy atom. The van der Waals surface area contributed by atoms with Gasteiger partial charge in [0.2, 0.25) is 0 Å². The van der Waals surface area contributed by atoms with E-state index in [4.69, 9.17) is 5.26 Å². The quantitative estimate of drug-likeness (QED) is 0.624. The molecule has 0 spiro atoms. The molecule has 0 fully saturated rings. The van der Waals surface area contributed by atoms with Crippen LogP contribution in [0.5, 0.6) is 0 Å². The molecule has 1 aromatic carbocycles. The van der Waals surface area contributed by atoms with Gasteiger partial charge in [0.25, 0.3) is 0 Å². The summed E-state index contributed by atoms with van der Waals surface area (Å²) in [7, 11) is 0. The molecular formula is C14H13N3S. The van der Waals surface area contributed by atoms with E-state index in [1.54, 1.807) is 11.8 Å². The summed E-state index contributed by atoms with van der Waals surface area (Å²) in [5.74, 6) is 0.820. The molecule has 0 aliphatic heterocycles. The van der Waals surface area contributed by atoms with E-state index in [0.717, 1.165) is 22.0 Å². The maximum absolute atomic E-state index is 8.81. The molecule has 0 bridgehead atoms. The molecule has 2 rings (SSSR count). The largest absolute Gasteiger partial charge is 0.231 e. The van der Waals surface area contributed by atoms with E-state index in [-0.39, 0.29) is 0 Å². The zero-order chi connectivity index (χ0) is 13.0. The predicted octanol–water partition coefficient (Wildman–Crippen LogP) is 3.26. The van der Waals surface area contributed by atoms with Crippen LogP contribution in [0.4, 0.5) is 0 Å². The molecule has 0 radical (unpaired) electrons. The number of nitrogens with zero attached hydrogens (tertiary/aromatic N) is 3. The Kier molecular flexibility index (Phi) is 3.96. The second-order valence-electron chi connectivity index (χ2n) is 4.08. The average Bonchev–Trinajstić information content (AvgIpc) is 2.39. The lowest BCUT2D eigenvalue weighted by Crippen LogP contribution is -1.91. The number of nitriles is 1. The normalized spacial score (nSPS) is 10.1. The lowest BCUT2D eigenvalue weighted by Gasteiger charge is -2.05. The van der Waals surface area contributed by atoms with E-state index in [0.29, 0.717) is 5.56 Å². The van der Waals surface area contributed by atoms with Crippen LogP contribution in [0.3, 0.4) is 0 Å². The molecule has 0 saturated carbocycles. The van der Waals surface area contributed by atoms with Crippen LogP contribution in [-0.2, 0) is 5.75 Å². The van der Waals surface area contributed by atoms with Gasteiger partial charge in [0.1, 0.15) is 0 Å². The Balaban J connectivity index is 2.06. The number of aryl methyl sites for hydroxylation is 2. The van der Waals surface area contributed by atoms with Gasteiger partial charge in [0.15, 0.2) is 5.16 Å². The first-order valence-electron chi connectivity index (χ1n) is 5.60. The van der Waals surface area contributed by atoms with Gasteiger partial charge in [0, 0.05) is 18.1 Å². The van der Waals surface area contributed by atoms with E-state index >= 15 is 0 Å². The summed E-state index contributed by atoms with van der Waals surface area (Å²) in [5.41, 5.74) is 4.11. The SMILES string of the molecule is Cc1cnc(SCc2ccc(C#N)cc2C)nc1. The highest BCUT2D eigenvalue weighted by Gasteiger charge is 2.03. The van der Waals surface area contributed by atoms with Gasteiger partial charge in [-0.05, 0) is 42.7 Å². The van der Waals surface area contributed by atoms with E-state index in [1.807, 2.05) is 44.4 Å². The van der Waals surface area contributed by atoms with Gasteiger partial charge in [0.05, 0.1) is 11.6 Å². The number of hydrogen-bond donors (Lipinski definition) is 0. The number of aromatic nitrogens is 2. The highest BCUT2D eigenvalue weighted by Crippen LogP contribution is 2.21. The predicted molar refractivity (Wildman–Crippen MR) is 72.2 cm³/mol. The monoisotopic (exact) mass is 255 g/mol. The van der Waals surface area contributed by atoms with Crippen molar-refractivity contribution in [3.05, 3.63) is 52.8 Å². The maximum atomic E-state index is 8.81. The zero-order valence-corrected chi connectivity index (χ0v) is 11.2. The number of benzene rings is 1. The molecule has 1 aromatic heterocycles. The minimum absolute atomic E-state index is 0.702. The van der Waals surface area contributed by atoms with E-state index in [9.17, 15) is 0 Å². The summed E-state index contributed by atoms with van der Waals surface area (Å²) in [6.07, 6.45) is 3.64. The standard InChI is InChI=1S/C14H13N3S/c1-10-7-16-14(17-8-10)18-9-13-4-3-12(6-15)5-11(13)2/h3-5,7-8H,9H2,1-2H3. The fourth-order valence-corrected chi connectivity index (χ4v) is 2.39. The molecule has 0 unspecified atom stereocenters. The Labute approximate surface area is 111 Å². The minimum atomic E-state index is 0.702. The molecule has 1 heterocycles. The molecule has 18 heavy (non-hydrogen) atoms. The topological polar surface area (TPSA) is 49.6 Å². The van der Waals surface area contributed by atoms with Crippen LogP contribution >= 0.6 is 11.8 Å². The van der Waals surface area contributed by atoms with Crippen LogP contribution in [0.1, 0.15) is 22.3 Å². The Bertz CT molecular complexity index is 585. The van der Waals surface area contributed by atoms with Gasteiger partial charge in [-0.1, -0.05) is 17.8 Å². The summed E-state index contributed by atoms with van der Waals surface area (Å²) in [4.78, 5) is 8.51. The van der Waals surface area contributed by atoms with Crippen molar-refractivity contribution in [3.63, 3.8) is 0 Å². The van der Waals surface area contributed by atoms with Crippen molar-refractivity contribution < 1.29 is 0 Å². The molecule has 0 aliphatic carbocycles. The molecule has 0 atom stereocenters. The number of rotatable bonds is 3. The second kappa shape index (κ2) is 5.65. The van der Waals surface area contributed by atoms with Gasteiger partial charge in [-0.2, -0.15) is 5.26 Å². The molecule has 90 valence electrons. The minimum Gasteiger partial charge on any atom is -0.231 e. The van der Waals surface area contributed by atoms with Crippen LogP contribution < -0.4 is 0 Å². The maximum Gasteiger partial charge on any atom is 0.187 e. The lowest BCUT2D eigenvalue weighted by molar-refractivity contribution is 0.949. The van der Waals surface area contributed by atoms with Crippen molar-refractivity contribution in [2.45, 2.75) is 24.8 Å². The smallest absolute Gasteiger partial charge is 0.187 e. The van der Waals surface area contributed by atoms with E-state index in [2.05, 4.69) is 16.0 Å². The summed E-state index contributed by atoms with van der Waals surface area (Å²) in [5, 5.41) is 9.59. The Morgan fingerprint density at radius 1 is 1.22 bits per heavy atom. The van der Waals surface area contributed by atoms with Crippen LogP contribution in [0, 0.1) is 25.2 Å². The first kappa shape index (κ1) is 12.6. The first-order valence-corrected chi connectivity index (χ1v) is 6.58. The van der Waals surface area contributed by atoms with Crippen molar-refractivity contribution in [1.82, 2.24) is 9.97 Å². The van der Waals surface area contributed by atoms with E-state index < -0.39 is 0 Å². The van der Waals surface area contributed by atoms with Crippen LogP contribution in [0.15, 0.2) is 35.7 Å². The fourth-order valence-electron chi connectivity index (χ4n) is 1.52. The summed E-state index contributed by atoms with van der Waals surface area (Å²) in [6.45, 7) is 3.99. The third-order valence-corrected chi connectivity index (χ3v) is 3.51. The summed E-state index contributed by atoms with van der Waals surface area (Å²) < 4.78 is 0. The molecule has 0 aliphatic rings.